The molecule has 1 saturated heterocycles. The monoisotopic (exact) mass is 402 g/mol. The number of amides is 2. The van der Waals surface area contributed by atoms with Gasteiger partial charge in [-0.05, 0) is 41.7 Å². The second kappa shape index (κ2) is 7.82. The number of nitrogens with one attached hydrogen (secondary N) is 2. The van der Waals surface area contributed by atoms with E-state index in [-0.39, 0.29) is 17.4 Å². The highest BCUT2D eigenvalue weighted by Gasteiger charge is 2.37. The van der Waals surface area contributed by atoms with Crippen molar-refractivity contribution in [3.05, 3.63) is 45.9 Å². The van der Waals surface area contributed by atoms with Crippen molar-refractivity contribution in [2.45, 2.75) is 44.1 Å². The molecule has 0 bridgehead atoms. The number of rotatable bonds is 8. The van der Waals surface area contributed by atoms with Crippen molar-refractivity contribution in [3.63, 3.8) is 0 Å². The zero-order valence-electron chi connectivity index (χ0n) is 14.9. The molecule has 8 heteroatoms. The van der Waals surface area contributed by atoms with Crippen LogP contribution in [-0.2, 0) is 22.4 Å². The van der Waals surface area contributed by atoms with Gasteiger partial charge in [0.25, 0.3) is 0 Å². The van der Waals surface area contributed by atoms with Crippen molar-refractivity contribution in [2.24, 2.45) is 0 Å². The average Bonchev–Trinajstić information content (AvgIpc) is 3.39. The molecule has 142 valence electrons. The fourth-order valence-corrected chi connectivity index (χ4v) is 5.02. The van der Waals surface area contributed by atoms with E-state index >= 15 is 0 Å². The maximum atomic E-state index is 12.3. The third kappa shape index (κ3) is 4.39. The molecule has 0 spiro atoms. The highest BCUT2D eigenvalue weighted by molar-refractivity contribution is 7.15. The zero-order chi connectivity index (χ0) is 18.7. The lowest BCUT2D eigenvalue weighted by atomic mass is 9.85. The molecule has 27 heavy (non-hydrogen) atoms. The highest BCUT2D eigenvalue weighted by Crippen LogP contribution is 2.30. The second-order valence-electron chi connectivity index (χ2n) is 7.06. The van der Waals surface area contributed by atoms with Crippen molar-refractivity contribution < 1.29 is 9.59 Å². The Kier molecular flexibility index (Phi) is 5.27. The van der Waals surface area contributed by atoms with Crippen molar-refractivity contribution >= 4 is 39.4 Å². The van der Waals surface area contributed by atoms with Gasteiger partial charge in [0.15, 0.2) is 4.96 Å². The van der Waals surface area contributed by atoms with E-state index in [2.05, 4.69) is 27.1 Å². The van der Waals surface area contributed by atoms with Gasteiger partial charge in [-0.15, -0.1) is 11.3 Å². The first-order valence-electron chi connectivity index (χ1n) is 9.12. The molecule has 4 rings (SSSR count). The zero-order valence-corrected chi connectivity index (χ0v) is 16.6. The first kappa shape index (κ1) is 18.2. The third-order valence-corrected chi connectivity index (χ3v) is 6.54. The fourth-order valence-electron chi connectivity index (χ4n) is 3.63. The van der Waals surface area contributed by atoms with E-state index in [9.17, 15) is 9.59 Å². The van der Waals surface area contributed by atoms with Gasteiger partial charge < -0.3 is 10.6 Å². The Morgan fingerprint density at radius 1 is 1.41 bits per heavy atom. The number of thiazole rings is 1. The topological polar surface area (TPSA) is 75.5 Å². The smallest absolute Gasteiger partial charge is 0.220 e. The van der Waals surface area contributed by atoms with E-state index in [0.29, 0.717) is 25.8 Å². The Morgan fingerprint density at radius 2 is 2.33 bits per heavy atom. The molecule has 0 radical (unpaired) electrons. The van der Waals surface area contributed by atoms with Crippen LogP contribution in [0.4, 0.5) is 0 Å². The van der Waals surface area contributed by atoms with Gasteiger partial charge in [-0.1, -0.05) is 0 Å². The summed E-state index contributed by atoms with van der Waals surface area (Å²) in [6.07, 6.45) is 7.92. The molecule has 1 aliphatic rings. The number of thiophene rings is 1. The summed E-state index contributed by atoms with van der Waals surface area (Å²) in [6.45, 7) is 0.577. The number of nitrogens with zero attached hydrogens (tertiary/aromatic N) is 2. The number of aromatic nitrogens is 2. The summed E-state index contributed by atoms with van der Waals surface area (Å²) in [6, 6.07) is 2.09. The minimum absolute atomic E-state index is 0.0295. The minimum atomic E-state index is -0.288. The first-order valence-corrected chi connectivity index (χ1v) is 10.9. The molecule has 0 unspecified atom stereocenters. The molecule has 1 aliphatic heterocycles. The van der Waals surface area contributed by atoms with Crippen LogP contribution in [0.3, 0.4) is 0 Å². The maximum Gasteiger partial charge on any atom is 0.220 e. The fraction of sp³-hybridized carbons (Fsp3) is 0.421. The summed E-state index contributed by atoms with van der Waals surface area (Å²) in [4.78, 5) is 29.6. The number of fused-ring (bicyclic) bond motifs is 1. The molecule has 3 aromatic rings. The summed E-state index contributed by atoms with van der Waals surface area (Å²) >= 11 is 3.26. The molecular weight excluding hydrogens is 380 g/mol. The van der Waals surface area contributed by atoms with Crippen LogP contribution in [0.5, 0.6) is 0 Å². The van der Waals surface area contributed by atoms with E-state index in [1.54, 1.807) is 22.7 Å². The quantitative estimate of drug-likeness (QED) is 0.608. The van der Waals surface area contributed by atoms with Gasteiger partial charge in [0.1, 0.15) is 0 Å². The Balaban J connectivity index is 1.26. The van der Waals surface area contributed by atoms with Gasteiger partial charge >= 0.3 is 0 Å². The van der Waals surface area contributed by atoms with E-state index in [1.165, 1.54) is 5.56 Å². The maximum absolute atomic E-state index is 12.3. The molecule has 6 nitrogen and oxygen atoms in total. The van der Waals surface area contributed by atoms with Gasteiger partial charge in [0.05, 0.1) is 5.69 Å². The van der Waals surface area contributed by atoms with Crippen LogP contribution in [0.25, 0.3) is 4.96 Å². The highest BCUT2D eigenvalue weighted by atomic mass is 32.1. The summed E-state index contributed by atoms with van der Waals surface area (Å²) in [5.74, 6) is 0.118. The Morgan fingerprint density at radius 3 is 3.07 bits per heavy atom. The summed E-state index contributed by atoms with van der Waals surface area (Å²) in [5.41, 5.74) is 1.92. The van der Waals surface area contributed by atoms with E-state index in [4.69, 9.17) is 0 Å². The Hall–Kier alpha value is -2.19. The normalized spacial score (nSPS) is 19.5. The van der Waals surface area contributed by atoms with Crippen molar-refractivity contribution in [1.82, 2.24) is 20.0 Å². The standard InChI is InChI=1S/C19H22N4O2S2/c24-16(20-7-3-15-12-23-8-10-27-18(23)21-15)1-5-19(6-2-17(25)22-19)11-14-4-9-26-13-14/h4,8-10,12-13H,1-3,5-7,11H2,(H,20,24)(H,22,25)/t19-/m1/s1. The van der Waals surface area contributed by atoms with Crippen LogP contribution < -0.4 is 10.6 Å². The SMILES string of the molecule is O=C(CC[C@]1(Cc2ccsc2)CCC(=O)N1)NCCc1cn2ccsc2n1. The molecule has 2 amide bonds. The van der Waals surface area contributed by atoms with E-state index in [1.807, 2.05) is 27.6 Å². The average molecular weight is 403 g/mol. The number of hydrogen-bond acceptors (Lipinski definition) is 5. The molecule has 0 aromatic carbocycles. The van der Waals surface area contributed by atoms with Gasteiger partial charge in [-0.2, -0.15) is 11.3 Å². The van der Waals surface area contributed by atoms with Gasteiger partial charge in [-0.25, -0.2) is 4.98 Å². The molecule has 4 heterocycles. The molecule has 0 saturated carbocycles. The molecule has 0 aliphatic carbocycles. The number of imidazole rings is 1. The van der Waals surface area contributed by atoms with E-state index in [0.717, 1.165) is 29.9 Å². The second-order valence-corrected chi connectivity index (χ2v) is 8.71. The Labute approximate surface area is 165 Å². The van der Waals surface area contributed by atoms with Gasteiger partial charge in [-0.3, -0.25) is 14.0 Å². The summed E-state index contributed by atoms with van der Waals surface area (Å²) in [5, 5.41) is 12.3. The lowest BCUT2D eigenvalue weighted by Crippen LogP contribution is -2.44. The lowest BCUT2D eigenvalue weighted by molar-refractivity contribution is -0.122. The summed E-state index contributed by atoms with van der Waals surface area (Å²) in [7, 11) is 0. The number of carbonyl (C=O) groups excluding carboxylic acids is 2. The van der Waals surface area contributed by atoms with Crippen molar-refractivity contribution in [3.8, 4) is 0 Å². The largest absolute Gasteiger partial charge is 0.356 e. The third-order valence-electron chi connectivity index (χ3n) is 5.03. The molecule has 2 N–H and O–H groups in total. The minimum Gasteiger partial charge on any atom is -0.356 e. The van der Waals surface area contributed by atoms with Crippen molar-refractivity contribution in [2.75, 3.05) is 6.54 Å². The number of hydrogen-bond donors (Lipinski definition) is 2. The Bertz CT molecular complexity index is 902. The van der Waals surface area contributed by atoms with Crippen LogP contribution in [0.15, 0.2) is 34.6 Å². The van der Waals surface area contributed by atoms with Crippen LogP contribution in [0, 0.1) is 0 Å². The first-order chi connectivity index (χ1) is 13.1. The van der Waals surface area contributed by atoms with Crippen molar-refractivity contribution in [1.29, 1.82) is 0 Å². The number of carbonyl (C=O) groups is 2. The van der Waals surface area contributed by atoms with Crippen LogP contribution in [0.2, 0.25) is 0 Å². The molecule has 3 aromatic heterocycles. The molecule has 1 atom stereocenters. The molecular formula is C19H22N4O2S2. The van der Waals surface area contributed by atoms with Crippen LogP contribution in [0.1, 0.15) is 36.9 Å². The summed E-state index contributed by atoms with van der Waals surface area (Å²) < 4.78 is 2.00. The van der Waals surface area contributed by atoms with Crippen LogP contribution >= 0.6 is 22.7 Å². The predicted octanol–water partition coefficient (Wildman–Crippen LogP) is 2.79. The molecule has 1 fully saturated rings. The van der Waals surface area contributed by atoms with Crippen LogP contribution in [-0.4, -0.2) is 33.3 Å². The van der Waals surface area contributed by atoms with E-state index < -0.39 is 0 Å². The van der Waals surface area contributed by atoms with Gasteiger partial charge in [0.2, 0.25) is 11.8 Å². The van der Waals surface area contributed by atoms with Gasteiger partial charge in [0, 0.05) is 49.1 Å². The lowest BCUT2D eigenvalue weighted by Gasteiger charge is -2.29. The predicted molar refractivity (Wildman–Crippen MR) is 107 cm³/mol.